The summed E-state index contributed by atoms with van der Waals surface area (Å²) in [5, 5.41) is 8.82. The topological polar surface area (TPSA) is 60.1 Å². The highest BCUT2D eigenvalue weighted by atomic mass is 16.5. The van der Waals surface area contributed by atoms with Gasteiger partial charge in [-0.2, -0.15) is 5.26 Å². The van der Waals surface area contributed by atoms with Gasteiger partial charge in [0.2, 0.25) is 0 Å². The van der Waals surface area contributed by atoms with Gasteiger partial charge in [-0.1, -0.05) is 0 Å². The summed E-state index contributed by atoms with van der Waals surface area (Å²) in [6, 6.07) is 7.18. The minimum Gasteiger partial charge on any atom is -0.493 e. The SMILES string of the molecule is COc1cc(C#N)ccc1OCCc1nccn1C. The first-order valence-corrected chi connectivity index (χ1v) is 5.91. The molecule has 98 valence electrons. The Bertz CT molecular complexity index is 599. The molecule has 0 unspecified atom stereocenters. The Hall–Kier alpha value is -2.48. The molecule has 0 saturated carbocycles. The number of methoxy groups -OCH3 is 1. The molecular formula is C14H15N3O2. The summed E-state index contributed by atoms with van der Waals surface area (Å²) in [6.45, 7) is 0.507. The molecule has 2 rings (SSSR count). The second-order valence-corrected chi connectivity index (χ2v) is 4.03. The summed E-state index contributed by atoms with van der Waals surface area (Å²) in [4.78, 5) is 4.23. The quantitative estimate of drug-likeness (QED) is 0.821. The molecule has 1 aromatic carbocycles. The standard InChI is InChI=1S/C14H15N3O2/c1-17-7-6-16-14(17)5-8-19-12-4-3-11(10-15)9-13(12)18-2/h3-4,6-7,9H,5,8H2,1-2H3. The minimum absolute atomic E-state index is 0.507. The Balaban J connectivity index is 2.00. The van der Waals surface area contributed by atoms with Crippen LogP contribution in [0.25, 0.3) is 0 Å². The van der Waals surface area contributed by atoms with E-state index in [1.165, 1.54) is 0 Å². The van der Waals surface area contributed by atoms with Gasteiger partial charge in [0.05, 0.1) is 25.3 Å². The van der Waals surface area contributed by atoms with Crippen molar-refractivity contribution in [1.82, 2.24) is 9.55 Å². The number of benzene rings is 1. The van der Waals surface area contributed by atoms with Crippen LogP contribution in [0.5, 0.6) is 11.5 Å². The Morgan fingerprint density at radius 2 is 2.21 bits per heavy atom. The summed E-state index contributed by atoms with van der Waals surface area (Å²) in [6.07, 6.45) is 4.38. The van der Waals surface area contributed by atoms with Gasteiger partial charge in [-0.25, -0.2) is 4.98 Å². The molecule has 0 radical (unpaired) electrons. The minimum atomic E-state index is 0.507. The van der Waals surface area contributed by atoms with Gasteiger partial charge < -0.3 is 14.0 Å². The van der Waals surface area contributed by atoms with Crippen molar-refractivity contribution in [3.8, 4) is 17.6 Å². The molecule has 1 heterocycles. The maximum atomic E-state index is 8.82. The summed E-state index contributed by atoms with van der Waals surface area (Å²) >= 11 is 0. The zero-order valence-corrected chi connectivity index (χ0v) is 11.0. The van der Waals surface area contributed by atoms with Crippen molar-refractivity contribution in [3.63, 3.8) is 0 Å². The average Bonchev–Trinajstić information content (AvgIpc) is 2.84. The van der Waals surface area contributed by atoms with Crippen LogP contribution < -0.4 is 9.47 Å². The average molecular weight is 257 g/mol. The molecule has 0 fully saturated rings. The normalized spacial score (nSPS) is 9.95. The van der Waals surface area contributed by atoms with Crippen LogP contribution in [0.3, 0.4) is 0 Å². The van der Waals surface area contributed by atoms with Crippen LogP contribution >= 0.6 is 0 Å². The molecule has 19 heavy (non-hydrogen) atoms. The van der Waals surface area contributed by atoms with E-state index < -0.39 is 0 Å². The predicted octanol–water partition coefficient (Wildman–Crippen LogP) is 1.92. The molecule has 0 aliphatic carbocycles. The van der Waals surface area contributed by atoms with E-state index >= 15 is 0 Å². The van der Waals surface area contributed by atoms with E-state index in [9.17, 15) is 0 Å². The number of rotatable bonds is 5. The highest BCUT2D eigenvalue weighted by Crippen LogP contribution is 2.27. The van der Waals surface area contributed by atoms with Crippen molar-refractivity contribution in [2.75, 3.05) is 13.7 Å². The molecule has 5 nitrogen and oxygen atoms in total. The van der Waals surface area contributed by atoms with Crippen LogP contribution in [0.4, 0.5) is 0 Å². The monoisotopic (exact) mass is 257 g/mol. The molecule has 2 aromatic rings. The molecule has 0 amide bonds. The fraction of sp³-hybridized carbons (Fsp3) is 0.286. The molecule has 0 aliphatic heterocycles. The summed E-state index contributed by atoms with van der Waals surface area (Å²) in [5.74, 6) is 2.17. The van der Waals surface area contributed by atoms with Crippen molar-refractivity contribution in [3.05, 3.63) is 42.0 Å². The first-order chi connectivity index (χ1) is 9.24. The summed E-state index contributed by atoms with van der Waals surface area (Å²) < 4.78 is 12.8. The van der Waals surface area contributed by atoms with Crippen molar-refractivity contribution in [2.45, 2.75) is 6.42 Å². The first kappa shape index (κ1) is 13.0. The second kappa shape index (κ2) is 5.91. The lowest BCUT2D eigenvalue weighted by molar-refractivity contribution is 0.294. The third-order valence-corrected chi connectivity index (χ3v) is 2.80. The maximum Gasteiger partial charge on any atom is 0.162 e. The molecular weight excluding hydrogens is 242 g/mol. The van der Waals surface area contributed by atoms with Gasteiger partial charge >= 0.3 is 0 Å². The van der Waals surface area contributed by atoms with Crippen molar-refractivity contribution in [2.24, 2.45) is 7.05 Å². The number of hydrogen-bond acceptors (Lipinski definition) is 4. The highest BCUT2D eigenvalue weighted by molar-refractivity contribution is 5.46. The van der Waals surface area contributed by atoms with Gasteiger partial charge in [-0.3, -0.25) is 0 Å². The number of ether oxygens (including phenoxy) is 2. The largest absolute Gasteiger partial charge is 0.493 e. The Labute approximate surface area is 112 Å². The third kappa shape index (κ3) is 3.05. The fourth-order valence-electron chi connectivity index (χ4n) is 1.75. The van der Waals surface area contributed by atoms with E-state index in [1.54, 1.807) is 31.5 Å². The highest BCUT2D eigenvalue weighted by Gasteiger charge is 2.06. The van der Waals surface area contributed by atoms with Crippen LogP contribution in [0.2, 0.25) is 0 Å². The fourth-order valence-corrected chi connectivity index (χ4v) is 1.75. The number of hydrogen-bond donors (Lipinski definition) is 0. The van der Waals surface area contributed by atoms with Gasteiger partial charge in [0, 0.05) is 31.9 Å². The predicted molar refractivity (Wildman–Crippen MR) is 70.1 cm³/mol. The third-order valence-electron chi connectivity index (χ3n) is 2.80. The zero-order chi connectivity index (χ0) is 13.7. The Morgan fingerprint density at radius 1 is 1.37 bits per heavy atom. The van der Waals surface area contributed by atoms with Gasteiger partial charge in [0.25, 0.3) is 0 Å². The summed E-state index contributed by atoms with van der Waals surface area (Å²) in [7, 11) is 3.51. The number of aryl methyl sites for hydroxylation is 1. The lowest BCUT2D eigenvalue weighted by Crippen LogP contribution is -2.06. The second-order valence-electron chi connectivity index (χ2n) is 4.03. The van der Waals surface area contributed by atoms with Crippen LogP contribution in [0, 0.1) is 11.3 Å². The van der Waals surface area contributed by atoms with E-state index in [1.807, 2.05) is 17.8 Å². The van der Waals surface area contributed by atoms with Crippen LogP contribution in [0.1, 0.15) is 11.4 Å². The molecule has 0 spiro atoms. The van der Waals surface area contributed by atoms with Gasteiger partial charge in [-0.15, -0.1) is 0 Å². The summed E-state index contributed by atoms with van der Waals surface area (Å²) in [5.41, 5.74) is 0.549. The lowest BCUT2D eigenvalue weighted by atomic mass is 10.2. The number of imidazole rings is 1. The Morgan fingerprint density at radius 3 is 2.84 bits per heavy atom. The molecule has 0 bridgehead atoms. The molecule has 1 aromatic heterocycles. The van der Waals surface area contributed by atoms with E-state index in [0.717, 1.165) is 5.82 Å². The number of nitriles is 1. The molecule has 0 atom stereocenters. The molecule has 0 N–H and O–H groups in total. The van der Waals surface area contributed by atoms with E-state index in [4.69, 9.17) is 14.7 Å². The molecule has 0 aliphatic rings. The number of aromatic nitrogens is 2. The molecule has 5 heteroatoms. The van der Waals surface area contributed by atoms with Crippen LogP contribution in [-0.4, -0.2) is 23.3 Å². The Kier molecular flexibility index (Phi) is 4.04. The van der Waals surface area contributed by atoms with Crippen LogP contribution in [-0.2, 0) is 13.5 Å². The number of nitrogens with zero attached hydrogens (tertiary/aromatic N) is 3. The van der Waals surface area contributed by atoms with Crippen molar-refractivity contribution in [1.29, 1.82) is 5.26 Å². The van der Waals surface area contributed by atoms with Gasteiger partial charge in [0.1, 0.15) is 5.82 Å². The zero-order valence-electron chi connectivity index (χ0n) is 11.0. The van der Waals surface area contributed by atoms with E-state index in [-0.39, 0.29) is 0 Å². The van der Waals surface area contributed by atoms with Crippen molar-refractivity contribution >= 4 is 0 Å². The van der Waals surface area contributed by atoms with Crippen molar-refractivity contribution < 1.29 is 9.47 Å². The van der Waals surface area contributed by atoms with E-state index in [0.29, 0.717) is 30.1 Å². The van der Waals surface area contributed by atoms with E-state index in [2.05, 4.69) is 11.1 Å². The first-order valence-electron chi connectivity index (χ1n) is 5.91. The van der Waals surface area contributed by atoms with Gasteiger partial charge in [-0.05, 0) is 12.1 Å². The molecule has 0 saturated heterocycles. The maximum absolute atomic E-state index is 8.82. The van der Waals surface area contributed by atoms with Crippen LogP contribution in [0.15, 0.2) is 30.6 Å². The lowest BCUT2D eigenvalue weighted by Gasteiger charge is -2.10. The van der Waals surface area contributed by atoms with Gasteiger partial charge in [0.15, 0.2) is 11.5 Å². The smallest absolute Gasteiger partial charge is 0.162 e.